The first-order chi connectivity index (χ1) is 21.8. The van der Waals surface area contributed by atoms with Gasteiger partial charge in [-0.1, -0.05) is 109 Å². The van der Waals surface area contributed by atoms with Crippen LogP contribution >= 0.6 is 0 Å². The number of nitrogens with zero attached hydrogens (tertiary/aromatic N) is 1. The van der Waals surface area contributed by atoms with Crippen LogP contribution in [0.2, 0.25) is 0 Å². The smallest absolute Gasteiger partial charge is 0.223 e. The Balaban J connectivity index is 1.24. The van der Waals surface area contributed by atoms with Crippen molar-refractivity contribution in [3.63, 3.8) is 0 Å². The summed E-state index contributed by atoms with van der Waals surface area (Å²) in [6.07, 6.45) is 0. The summed E-state index contributed by atoms with van der Waals surface area (Å²) in [5, 5.41) is 4.98. The van der Waals surface area contributed by atoms with Gasteiger partial charge in [0.05, 0.1) is 18.9 Å². The predicted molar refractivity (Wildman–Crippen MR) is 179 cm³/mol. The first-order valence-corrected chi connectivity index (χ1v) is 15.3. The van der Waals surface area contributed by atoms with Crippen molar-refractivity contribution >= 4 is 38.6 Å². The molecule has 0 unspecified atom stereocenters. The maximum Gasteiger partial charge on any atom is 0.223 e. The highest BCUT2D eigenvalue weighted by Crippen LogP contribution is 2.55. The van der Waals surface area contributed by atoms with Crippen molar-refractivity contribution < 1.29 is 9.47 Å². The summed E-state index contributed by atoms with van der Waals surface area (Å²) < 4.78 is 12.9. The summed E-state index contributed by atoms with van der Waals surface area (Å²) in [5.74, 6) is -0.874. The molecule has 0 aromatic heterocycles. The standard InChI is InChI=1S/C41H27NO2/c1-2-9-27-24-28(17-16-26(27)8-1)42(39-21-20-35-31-11-4-3-10-30(31)34-13-7-14-36(39)40(34)35)29-18-19-33-32-12-5-6-15-37(32)41(38(33)25-29)43-22-23-44-41/h1-21,24-25H,22-23H2. The maximum atomic E-state index is 6.46. The Morgan fingerprint density at radius 1 is 0.455 bits per heavy atom. The van der Waals surface area contributed by atoms with Crippen molar-refractivity contribution in [2.75, 3.05) is 18.1 Å². The van der Waals surface area contributed by atoms with Crippen LogP contribution < -0.4 is 4.90 Å². The second kappa shape index (κ2) is 8.90. The SMILES string of the molecule is c1ccc2c(c1)-c1cccc3c(N(c4ccc5c(c4)C4(OCCO4)c4ccccc4-5)c4ccc5ccccc5c4)ccc-2c13. The molecule has 7 aromatic carbocycles. The summed E-state index contributed by atoms with van der Waals surface area (Å²) in [4.78, 5) is 2.41. The maximum absolute atomic E-state index is 6.46. The van der Waals surface area contributed by atoms with Crippen molar-refractivity contribution in [3.8, 4) is 33.4 Å². The fourth-order valence-electron chi connectivity index (χ4n) is 7.78. The molecule has 0 saturated carbocycles. The summed E-state index contributed by atoms with van der Waals surface area (Å²) in [6, 6.07) is 50.7. The van der Waals surface area contributed by atoms with Gasteiger partial charge in [-0.05, 0) is 79.9 Å². The molecule has 208 valence electrons. The van der Waals surface area contributed by atoms with E-state index in [1.807, 2.05) is 0 Å². The number of hydrogen-bond donors (Lipinski definition) is 0. The Hall–Kier alpha value is -5.22. The molecule has 3 heteroatoms. The average molecular weight is 566 g/mol. The molecule has 0 radical (unpaired) electrons. The van der Waals surface area contributed by atoms with Crippen LogP contribution in [-0.4, -0.2) is 13.2 Å². The second-order valence-corrected chi connectivity index (χ2v) is 11.9. The minimum atomic E-state index is -0.874. The average Bonchev–Trinajstić information content (AvgIpc) is 3.78. The molecule has 0 N–H and O–H groups in total. The number of hydrogen-bond acceptors (Lipinski definition) is 3. The lowest BCUT2D eigenvalue weighted by Crippen LogP contribution is -2.26. The summed E-state index contributed by atoms with van der Waals surface area (Å²) in [7, 11) is 0. The summed E-state index contributed by atoms with van der Waals surface area (Å²) in [5.41, 5.74) is 13.0. The van der Waals surface area contributed by atoms with E-state index in [4.69, 9.17) is 9.47 Å². The number of anilines is 3. The Bertz CT molecular complexity index is 2280. The van der Waals surface area contributed by atoms with Crippen LogP contribution in [0.25, 0.3) is 54.9 Å². The van der Waals surface area contributed by atoms with E-state index in [-0.39, 0.29) is 0 Å². The van der Waals surface area contributed by atoms with E-state index in [1.165, 1.54) is 54.9 Å². The molecule has 10 rings (SSSR count). The van der Waals surface area contributed by atoms with Crippen molar-refractivity contribution in [2.24, 2.45) is 0 Å². The third-order valence-corrected chi connectivity index (χ3v) is 9.64. The van der Waals surface area contributed by atoms with Crippen molar-refractivity contribution in [1.82, 2.24) is 0 Å². The molecule has 0 atom stereocenters. The predicted octanol–water partition coefficient (Wildman–Crippen LogP) is 10.3. The third kappa shape index (κ3) is 3.17. The lowest BCUT2D eigenvalue weighted by atomic mass is 9.98. The van der Waals surface area contributed by atoms with Crippen molar-refractivity contribution in [3.05, 3.63) is 151 Å². The van der Waals surface area contributed by atoms with Gasteiger partial charge in [0, 0.05) is 27.9 Å². The van der Waals surface area contributed by atoms with Gasteiger partial charge in [0.15, 0.2) is 0 Å². The highest BCUT2D eigenvalue weighted by Gasteiger charge is 2.48. The zero-order chi connectivity index (χ0) is 28.8. The van der Waals surface area contributed by atoms with Crippen molar-refractivity contribution in [2.45, 2.75) is 5.79 Å². The molecule has 1 spiro atoms. The number of ether oxygens (including phenoxy) is 2. The Labute approximate surface area is 255 Å². The summed E-state index contributed by atoms with van der Waals surface area (Å²) in [6.45, 7) is 1.14. The van der Waals surface area contributed by atoms with Crippen LogP contribution in [0.15, 0.2) is 140 Å². The van der Waals surface area contributed by atoms with Gasteiger partial charge in [0.2, 0.25) is 5.79 Å². The van der Waals surface area contributed by atoms with Gasteiger partial charge in [-0.15, -0.1) is 0 Å². The molecular weight excluding hydrogens is 538 g/mol. The van der Waals surface area contributed by atoms with E-state index in [0.29, 0.717) is 13.2 Å². The molecular formula is C41H27NO2. The van der Waals surface area contributed by atoms with E-state index in [2.05, 4.69) is 144 Å². The normalized spacial score (nSPS) is 15.1. The topological polar surface area (TPSA) is 21.7 Å². The molecule has 0 amide bonds. The molecule has 1 aliphatic heterocycles. The van der Waals surface area contributed by atoms with E-state index in [0.717, 1.165) is 28.2 Å². The highest BCUT2D eigenvalue weighted by atomic mass is 16.7. The molecule has 1 fully saturated rings. The van der Waals surface area contributed by atoms with Gasteiger partial charge in [-0.25, -0.2) is 0 Å². The van der Waals surface area contributed by atoms with Crippen LogP contribution in [0.3, 0.4) is 0 Å². The second-order valence-electron chi connectivity index (χ2n) is 11.9. The first kappa shape index (κ1) is 24.2. The highest BCUT2D eigenvalue weighted by molar-refractivity contribution is 6.19. The molecule has 3 aliphatic rings. The van der Waals surface area contributed by atoms with E-state index in [1.54, 1.807) is 0 Å². The van der Waals surface area contributed by atoms with Gasteiger partial charge in [0.25, 0.3) is 0 Å². The minimum absolute atomic E-state index is 0.571. The van der Waals surface area contributed by atoms with Gasteiger partial charge in [0.1, 0.15) is 0 Å². The fourth-order valence-corrected chi connectivity index (χ4v) is 7.78. The lowest BCUT2D eigenvalue weighted by Gasteiger charge is -2.30. The molecule has 3 nitrogen and oxygen atoms in total. The Kier molecular flexibility index (Phi) is 4.90. The Morgan fingerprint density at radius 2 is 1.07 bits per heavy atom. The van der Waals surface area contributed by atoms with Gasteiger partial charge < -0.3 is 14.4 Å². The monoisotopic (exact) mass is 565 g/mol. The molecule has 7 aromatic rings. The van der Waals surface area contributed by atoms with Crippen LogP contribution in [-0.2, 0) is 15.3 Å². The van der Waals surface area contributed by atoms with Crippen LogP contribution in [0.5, 0.6) is 0 Å². The zero-order valence-corrected chi connectivity index (χ0v) is 24.0. The van der Waals surface area contributed by atoms with Gasteiger partial charge in [-0.2, -0.15) is 0 Å². The van der Waals surface area contributed by atoms with E-state index in [9.17, 15) is 0 Å². The lowest BCUT2D eigenvalue weighted by molar-refractivity contribution is -0.126. The molecule has 1 saturated heterocycles. The zero-order valence-electron chi connectivity index (χ0n) is 24.0. The third-order valence-electron chi connectivity index (χ3n) is 9.64. The van der Waals surface area contributed by atoms with Crippen LogP contribution in [0.1, 0.15) is 11.1 Å². The van der Waals surface area contributed by atoms with Crippen molar-refractivity contribution in [1.29, 1.82) is 0 Å². The van der Waals surface area contributed by atoms with Crippen LogP contribution in [0.4, 0.5) is 17.1 Å². The fraction of sp³-hybridized carbons (Fsp3) is 0.0732. The molecule has 44 heavy (non-hydrogen) atoms. The van der Waals surface area contributed by atoms with E-state index < -0.39 is 5.79 Å². The number of fused-ring (bicyclic) bond motifs is 9. The largest absolute Gasteiger partial charge is 0.340 e. The minimum Gasteiger partial charge on any atom is -0.340 e. The van der Waals surface area contributed by atoms with E-state index >= 15 is 0 Å². The summed E-state index contributed by atoms with van der Waals surface area (Å²) >= 11 is 0. The Morgan fingerprint density at radius 3 is 1.91 bits per heavy atom. The van der Waals surface area contributed by atoms with Gasteiger partial charge >= 0.3 is 0 Å². The quantitative estimate of drug-likeness (QED) is 0.213. The van der Waals surface area contributed by atoms with Crippen LogP contribution in [0, 0.1) is 0 Å². The first-order valence-electron chi connectivity index (χ1n) is 15.3. The van der Waals surface area contributed by atoms with Gasteiger partial charge in [-0.3, -0.25) is 0 Å². The number of benzene rings is 7. The molecule has 0 bridgehead atoms. The molecule has 2 aliphatic carbocycles. The number of rotatable bonds is 3. The molecule has 1 heterocycles.